The lowest BCUT2D eigenvalue weighted by molar-refractivity contribution is 0.113. The van der Waals surface area contributed by atoms with Gasteiger partial charge in [0, 0.05) is 44.0 Å². The van der Waals surface area contributed by atoms with Crippen molar-refractivity contribution in [3.63, 3.8) is 0 Å². The Labute approximate surface area is 122 Å². The van der Waals surface area contributed by atoms with Gasteiger partial charge in [0.25, 0.3) is 0 Å². The summed E-state index contributed by atoms with van der Waals surface area (Å²) in [4.78, 5) is 5.04. The first-order valence-corrected chi connectivity index (χ1v) is 7.71. The lowest BCUT2D eigenvalue weighted by Gasteiger charge is -2.38. The van der Waals surface area contributed by atoms with Gasteiger partial charge in [0.15, 0.2) is 0 Å². The molecule has 2 N–H and O–H groups in total. The molecule has 3 atom stereocenters. The van der Waals surface area contributed by atoms with Gasteiger partial charge in [-0.25, -0.2) is 0 Å². The summed E-state index contributed by atoms with van der Waals surface area (Å²) in [6.45, 7) is 7.80. The first-order chi connectivity index (χ1) is 9.52. The standard InChI is InChI=1S/C15H29N5/c1-5-14-11-18(3)7-6-8-20(14)15(12(2)16)13-9-17-19(4)10-13/h9-10,12,14-15H,5-8,11,16H2,1-4H3. The highest BCUT2D eigenvalue weighted by Gasteiger charge is 2.32. The van der Waals surface area contributed by atoms with Crippen molar-refractivity contribution in [1.82, 2.24) is 19.6 Å². The van der Waals surface area contributed by atoms with Crippen LogP contribution in [0.25, 0.3) is 0 Å². The second-order valence-electron chi connectivity index (χ2n) is 6.17. The van der Waals surface area contributed by atoms with Crippen LogP contribution in [0.15, 0.2) is 12.4 Å². The molecule has 1 fully saturated rings. The summed E-state index contributed by atoms with van der Waals surface area (Å²) in [6, 6.07) is 0.940. The molecule has 114 valence electrons. The van der Waals surface area contributed by atoms with Crippen molar-refractivity contribution in [3.05, 3.63) is 18.0 Å². The number of aromatic nitrogens is 2. The molecule has 20 heavy (non-hydrogen) atoms. The lowest BCUT2D eigenvalue weighted by atomic mass is 9.99. The zero-order valence-corrected chi connectivity index (χ0v) is 13.3. The molecule has 0 saturated carbocycles. The Morgan fingerprint density at radius 2 is 2.15 bits per heavy atom. The molecule has 1 aliphatic heterocycles. The highest BCUT2D eigenvalue weighted by Crippen LogP contribution is 2.28. The summed E-state index contributed by atoms with van der Waals surface area (Å²) in [7, 11) is 4.19. The van der Waals surface area contributed by atoms with Gasteiger partial charge in [-0.05, 0) is 33.4 Å². The SMILES string of the molecule is CCC1CN(C)CCCN1C(c1cnn(C)c1)C(C)N. The third kappa shape index (κ3) is 3.40. The van der Waals surface area contributed by atoms with Gasteiger partial charge in [-0.3, -0.25) is 9.58 Å². The summed E-state index contributed by atoms with van der Waals surface area (Å²) in [5.74, 6) is 0. The molecule has 2 rings (SSSR count). The van der Waals surface area contributed by atoms with Crippen LogP contribution in [-0.4, -0.2) is 58.3 Å². The van der Waals surface area contributed by atoms with Gasteiger partial charge in [-0.2, -0.15) is 5.10 Å². The highest BCUT2D eigenvalue weighted by molar-refractivity contribution is 5.14. The zero-order chi connectivity index (χ0) is 14.7. The molecule has 1 saturated heterocycles. The van der Waals surface area contributed by atoms with E-state index in [1.54, 1.807) is 0 Å². The van der Waals surface area contributed by atoms with E-state index >= 15 is 0 Å². The molecule has 0 radical (unpaired) electrons. The van der Waals surface area contributed by atoms with E-state index in [1.807, 2.05) is 17.9 Å². The van der Waals surface area contributed by atoms with E-state index in [9.17, 15) is 0 Å². The van der Waals surface area contributed by atoms with Crippen molar-refractivity contribution in [2.45, 2.75) is 44.8 Å². The highest BCUT2D eigenvalue weighted by atomic mass is 15.3. The van der Waals surface area contributed by atoms with Crippen LogP contribution in [-0.2, 0) is 7.05 Å². The number of aryl methyl sites for hydroxylation is 1. The maximum Gasteiger partial charge on any atom is 0.0538 e. The molecule has 3 unspecified atom stereocenters. The van der Waals surface area contributed by atoms with E-state index in [0.717, 1.165) is 19.5 Å². The predicted molar refractivity (Wildman–Crippen MR) is 82.5 cm³/mol. The zero-order valence-electron chi connectivity index (χ0n) is 13.3. The van der Waals surface area contributed by atoms with Crippen LogP contribution in [0.5, 0.6) is 0 Å². The summed E-state index contributed by atoms with van der Waals surface area (Å²) in [5.41, 5.74) is 7.56. The average molecular weight is 279 g/mol. The van der Waals surface area contributed by atoms with E-state index in [4.69, 9.17) is 5.73 Å². The number of hydrogen-bond acceptors (Lipinski definition) is 4. The van der Waals surface area contributed by atoms with Crippen molar-refractivity contribution >= 4 is 0 Å². The van der Waals surface area contributed by atoms with E-state index < -0.39 is 0 Å². The van der Waals surface area contributed by atoms with E-state index in [0.29, 0.717) is 6.04 Å². The Bertz CT molecular complexity index is 414. The Morgan fingerprint density at radius 1 is 1.40 bits per heavy atom. The fourth-order valence-corrected chi connectivity index (χ4v) is 3.38. The molecular formula is C15H29N5. The maximum absolute atomic E-state index is 6.32. The number of nitrogens with two attached hydrogens (primary N) is 1. The quantitative estimate of drug-likeness (QED) is 0.900. The number of nitrogens with zero attached hydrogens (tertiary/aromatic N) is 4. The van der Waals surface area contributed by atoms with Gasteiger partial charge in [0.1, 0.15) is 0 Å². The van der Waals surface area contributed by atoms with Gasteiger partial charge in [0.05, 0.1) is 12.2 Å². The number of likely N-dealkylation sites (N-methyl/N-ethyl adjacent to an activating group) is 1. The average Bonchev–Trinajstić information content (AvgIpc) is 2.71. The molecule has 5 heteroatoms. The monoisotopic (exact) mass is 279 g/mol. The molecule has 1 aromatic heterocycles. The molecule has 0 aromatic carbocycles. The van der Waals surface area contributed by atoms with Gasteiger partial charge in [-0.1, -0.05) is 6.92 Å². The van der Waals surface area contributed by atoms with Gasteiger partial charge >= 0.3 is 0 Å². The summed E-state index contributed by atoms with van der Waals surface area (Å²) < 4.78 is 1.87. The predicted octanol–water partition coefficient (Wildman–Crippen LogP) is 1.22. The topological polar surface area (TPSA) is 50.3 Å². The summed E-state index contributed by atoms with van der Waals surface area (Å²) >= 11 is 0. The third-order valence-corrected chi connectivity index (χ3v) is 4.34. The van der Waals surface area contributed by atoms with Crippen LogP contribution in [0.1, 0.15) is 38.3 Å². The molecule has 2 heterocycles. The molecule has 5 nitrogen and oxygen atoms in total. The minimum Gasteiger partial charge on any atom is -0.326 e. The summed E-state index contributed by atoms with van der Waals surface area (Å²) in [6.07, 6.45) is 6.44. The van der Waals surface area contributed by atoms with Crippen LogP contribution in [0.3, 0.4) is 0 Å². The minimum absolute atomic E-state index is 0.108. The molecular weight excluding hydrogens is 250 g/mol. The van der Waals surface area contributed by atoms with Crippen molar-refractivity contribution < 1.29 is 0 Å². The van der Waals surface area contributed by atoms with Gasteiger partial charge in [-0.15, -0.1) is 0 Å². The van der Waals surface area contributed by atoms with Crippen LogP contribution in [0, 0.1) is 0 Å². The van der Waals surface area contributed by atoms with Crippen LogP contribution in [0.2, 0.25) is 0 Å². The van der Waals surface area contributed by atoms with Crippen LogP contribution < -0.4 is 5.73 Å². The fourth-order valence-electron chi connectivity index (χ4n) is 3.38. The normalized spacial score (nSPS) is 25.4. The molecule has 1 aliphatic rings. The maximum atomic E-state index is 6.32. The third-order valence-electron chi connectivity index (χ3n) is 4.34. The number of rotatable bonds is 4. The smallest absolute Gasteiger partial charge is 0.0538 e. The Hall–Kier alpha value is -0.910. The molecule has 0 bridgehead atoms. The second kappa shape index (κ2) is 6.70. The van der Waals surface area contributed by atoms with Crippen LogP contribution in [0.4, 0.5) is 0 Å². The van der Waals surface area contributed by atoms with E-state index in [1.165, 1.54) is 18.5 Å². The Morgan fingerprint density at radius 3 is 2.70 bits per heavy atom. The molecule has 1 aromatic rings. The second-order valence-corrected chi connectivity index (χ2v) is 6.17. The Kier molecular flexibility index (Phi) is 5.18. The fraction of sp³-hybridized carbons (Fsp3) is 0.800. The molecule has 0 aliphatic carbocycles. The van der Waals surface area contributed by atoms with E-state index in [-0.39, 0.29) is 12.1 Å². The molecule has 0 amide bonds. The molecule has 0 spiro atoms. The first-order valence-electron chi connectivity index (χ1n) is 7.71. The first kappa shape index (κ1) is 15.5. The van der Waals surface area contributed by atoms with Crippen molar-refractivity contribution in [1.29, 1.82) is 0 Å². The van der Waals surface area contributed by atoms with Gasteiger partial charge < -0.3 is 10.6 Å². The van der Waals surface area contributed by atoms with Crippen molar-refractivity contribution in [2.24, 2.45) is 12.8 Å². The van der Waals surface area contributed by atoms with Crippen molar-refractivity contribution in [2.75, 3.05) is 26.7 Å². The number of hydrogen-bond donors (Lipinski definition) is 1. The van der Waals surface area contributed by atoms with Crippen molar-refractivity contribution in [3.8, 4) is 0 Å². The minimum atomic E-state index is 0.108. The Balaban J connectivity index is 2.26. The van der Waals surface area contributed by atoms with Crippen LogP contribution >= 0.6 is 0 Å². The lowest BCUT2D eigenvalue weighted by Crippen LogP contribution is -2.47. The summed E-state index contributed by atoms with van der Waals surface area (Å²) in [5, 5.41) is 4.33. The largest absolute Gasteiger partial charge is 0.326 e. The van der Waals surface area contributed by atoms with E-state index in [2.05, 4.69) is 42.0 Å². The van der Waals surface area contributed by atoms with Gasteiger partial charge in [0.2, 0.25) is 0 Å².